The average Bonchev–Trinajstić information content (AvgIpc) is 3.57. The summed E-state index contributed by atoms with van der Waals surface area (Å²) in [6.07, 6.45) is 98.2. The van der Waals surface area contributed by atoms with Gasteiger partial charge in [0, 0.05) is 12.8 Å². The van der Waals surface area contributed by atoms with Crippen LogP contribution in [0.2, 0.25) is 0 Å². The number of hydrogen-bond donors (Lipinski definition) is 0. The molecule has 0 fully saturated rings. The fourth-order valence-electron chi connectivity index (χ4n) is 9.75. The monoisotopic (exact) mass is 1240 g/mol. The summed E-state index contributed by atoms with van der Waals surface area (Å²) >= 11 is 0. The lowest BCUT2D eigenvalue weighted by atomic mass is 10.0. The van der Waals surface area contributed by atoms with Crippen molar-refractivity contribution in [3.63, 3.8) is 0 Å². The average molecular weight is 1240 g/mol. The second-order valence-corrected chi connectivity index (χ2v) is 26.2. The van der Waals surface area contributed by atoms with E-state index in [-0.39, 0.29) is 32.0 Å². The predicted octanol–water partition coefficient (Wildman–Crippen LogP) is 23.0. The van der Waals surface area contributed by atoms with Gasteiger partial charge in [-0.1, -0.05) is 308 Å². The van der Waals surface area contributed by atoms with Gasteiger partial charge in [0.15, 0.2) is 6.10 Å². The number of nitrogens with zero attached hydrogens (tertiary/aromatic N) is 1. The number of hydrogen-bond acceptors (Lipinski definition) is 8. The summed E-state index contributed by atoms with van der Waals surface area (Å²) in [5.74, 6) is -0.832. The van der Waals surface area contributed by atoms with Gasteiger partial charge in [-0.15, -0.1) is 0 Å². The zero-order valence-electron chi connectivity index (χ0n) is 57.4. The lowest BCUT2D eigenvalue weighted by Crippen LogP contribution is -2.37. The molecule has 0 aromatic carbocycles. The van der Waals surface area contributed by atoms with Crippen LogP contribution in [-0.2, 0) is 32.7 Å². The first kappa shape index (κ1) is 84.2. The summed E-state index contributed by atoms with van der Waals surface area (Å²) in [5.41, 5.74) is 0. The summed E-state index contributed by atoms with van der Waals surface area (Å²) in [5, 5.41) is 0. The number of phosphoric ester groups is 1. The maximum Gasteiger partial charge on any atom is 0.306 e. The van der Waals surface area contributed by atoms with Gasteiger partial charge in [0.2, 0.25) is 0 Å². The number of allylic oxidation sites excluding steroid dienone is 22. The van der Waals surface area contributed by atoms with Crippen LogP contribution in [-0.4, -0.2) is 70.0 Å². The first-order chi connectivity index (χ1) is 43.0. The van der Waals surface area contributed by atoms with Crippen molar-refractivity contribution >= 4 is 19.8 Å². The van der Waals surface area contributed by atoms with Crippen molar-refractivity contribution in [2.24, 2.45) is 0 Å². The predicted molar refractivity (Wildman–Crippen MR) is 378 cm³/mol. The number of unbranched alkanes of at least 4 members (excludes halogenated alkanes) is 29. The van der Waals surface area contributed by atoms with Gasteiger partial charge >= 0.3 is 11.9 Å². The minimum absolute atomic E-state index is 0.0352. The molecule has 0 saturated heterocycles. The third kappa shape index (κ3) is 71.2. The Labute approximate surface area is 542 Å². The number of carbonyl (C=O) groups excluding carboxylic acids is 2. The Hall–Kier alpha value is -3.85. The van der Waals surface area contributed by atoms with Crippen molar-refractivity contribution in [1.82, 2.24) is 0 Å². The van der Waals surface area contributed by atoms with Crippen LogP contribution in [0.4, 0.5) is 0 Å². The molecule has 504 valence electrons. The van der Waals surface area contributed by atoms with Gasteiger partial charge in [0.1, 0.15) is 19.8 Å². The van der Waals surface area contributed by atoms with E-state index in [0.717, 1.165) is 109 Å². The van der Waals surface area contributed by atoms with Crippen LogP contribution in [0.5, 0.6) is 0 Å². The molecule has 88 heavy (non-hydrogen) atoms. The fraction of sp³-hybridized carbons (Fsp3) is 0.692. The molecule has 0 heterocycles. The molecule has 0 aromatic rings. The molecular weight excluding hydrogens is 1110 g/mol. The molecule has 2 unspecified atom stereocenters. The SMILES string of the molecule is CC/C=C\C/C=C\C/C=C\C/C=C\C/C=C\C/C=C\CCCCCCCCCCCCCCCCCCC(=O)OC(COC(=O)CCCCCCCCCCCCCCC/C=C\C/C=C\C/C=C\C/C=C\C/C=C\CC)COP(=O)([O-])OCC[N+](C)(C)C. The third-order valence-corrected chi connectivity index (χ3v) is 16.1. The van der Waals surface area contributed by atoms with E-state index in [1.54, 1.807) is 0 Å². The van der Waals surface area contributed by atoms with Crippen molar-refractivity contribution in [1.29, 1.82) is 0 Å². The van der Waals surface area contributed by atoms with Gasteiger partial charge in [-0.25, -0.2) is 0 Å². The van der Waals surface area contributed by atoms with Crippen molar-refractivity contribution in [3.8, 4) is 0 Å². The lowest BCUT2D eigenvalue weighted by molar-refractivity contribution is -0.870. The third-order valence-electron chi connectivity index (χ3n) is 15.2. The van der Waals surface area contributed by atoms with Crippen molar-refractivity contribution in [3.05, 3.63) is 134 Å². The zero-order valence-corrected chi connectivity index (χ0v) is 58.3. The molecule has 0 aromatic heterocycles. The van der Waals surface area contributed by atoms with E-state index in [1.165, 1.54) is 154 Å². The normalized spacial score (nSPS) is 13.9. The van der Waals surface area contributed by atoms with Crippen molar-refractivity contribution in [2.75, 3.05) is 47.5 Å². The van der Waals surface area contributed by atoms with Gasteiger partial charge in [-0.2, -0.15) is 0 Å². The number of likely N-dealkylation sites (N-methyl/N-ethyl adjacent to an activating group) is 1. The molecule has 0 aliphatic rings. The molecule has 0 N–H and O–H groups in total. The van der Waals surface area contributed by atoms with E-state index in [2.05, 4.69) is 148 Å². The van der Waals surface area contributed by atoms with E-state index >= 15 is 0 Å². The zero-order chi connectivity index (χ0) is 64.1. The molecule has 10 heteroatoms. The first-order valence-corrected chi connectivity index (χ1v) is 37.4. The number of phosphoric acid groups is 1. The van der Waals surface area contributed by atoms with E-state index < -0.39 is 26.5 Å². The van der Waals surface area contributed by atoms with Gasteiger partial charge in [0.25, 0.3) is 7.82 Å². The highest BCUT2D eigenvalue weighted by atomic mass is 31.2. The first-order valence-electron chi connectivity index (χ1n) is 35.9. The molecule has 2 atom stereocenters. The summed E-state index contributed by atoms with van der Waals surface area (Å²) in [4.78, 5) is 38.1. The maximum absolute atomic E-state index is 12.9. The maximum atomic E-state index is 12.9. The van der Waals surface area contributed by atoms with Crippen LogP contribution in [0.3, 0.4) is 0 Å². The van der Waals surface area contributed by atoms with Gasteiger partial charge in [-0.05, 0) is 109 Å². The molecule has 0 bridgehead atoms. The van der Waals surface area contributed by atoms with Gasteiger partial charge < -0.3 is 27.9 Å². The summed E-state index contributed by atoms with van der Waals surface area (Å²) in [6.45, 7) is 4.03. The van der Waals surface area contributed by atoms with Crippen LogP contribution in [0, 0.1) is 0 Å². The fourth-order valence-corrected chi connectivity index (χ4v) is 10.5. The largest absolute Gasteiger partial charge is 0.756 e. The molecule has 0 amide bonds. The minimum Gasteiger partial charge on any atom is -0.756 e. The lowest BCUT2D eigenvalue weighted by Gasteiger charge is -2.28. The van der Waals surface area contributed by atoms with Crippen LogP contribution in [0.25, 0.3) is 0 Å². The number of esters is 2. The number of rotatable bonds is 65. The van der Waals surface area contributed by atoms with Gasteiger partial charge in [-0.3, -0.25) is 14.2 Å². The highest BCUT2D eigenvalue weighted by Crippen LogP contribution is 2.38. The molecule has 0 radical (unpaired) electrons. The van der Waals surface area contributed by atoms with Crippen molar-refractivity contribution < 1.29 is 42.1 Å². The minimum atomic E-state index is -4.65. The quantitative estimate of drug-likeness (QED) is 0.0195. The second kappa shape index (κ2) is 67.5. The molecule has 0 aliphatic heterocycles. The summed E-state index contributed by atoms with van der Waals surface area (Å²) < 4.78 is 34.3. The Bertz CT molecular complexity index is 1950. The Kier molecular flexibility index (Phi) is 64.6. The molecule has 0 saturated carbocycles. The highest BCUT2D eigenvalue weighted by Gasteiger charge is 2.22. The second-order valence-electron chi connectivity index (χ2n) is 24.8. The Morgan fingerprint density at radius 3 is 0.909 bits per heavy atom. The van der Waals surface area contributed by atoms with E-state index in [9.17, 15) is 19.0 Å². The molecular formula is C78H134NO8P. The number of ether oxygens (including phenoxy) is 2. The molecule has 0 spiro atoms. The standard InChI is InChI=1S/C78H134NO8P/c1-6-8-10-12-14-16-18-20-22-24-26-28-30-32-34-36-37-38-39-40-41-43-45-47-49-51-53-55-57-59-61-63-65-67-69-71-78(81)87-76(75-86-88(82,83)85-73-72-79(3,4)5)74-84-77(80)70-68-66-64-62-60-58-56-54-52-50-48-46-44-42-35-33-31-29-27-25-23-21-19-17-15-13-11-9-7-2/h8-11,14-17,20-23,26-29,32-35,37-38,76H,6-7,12-13,18-19,24-25,30-31,36,39-75H2,1-5H3/b10-8-,11-9-,16-14-,17-15-,22-20-,23-21-,28-26-,29-27-,34-32-,35-33-,38-37-. The topological polar surface area (TPSA) is 111 Å². The highest BCUT2D eigenvalue weighted by molar-refractivity contribution is 7.45. The van der Waals surface area contributed by atoms with Crippen LogP contribution in [0.15, 0.2) is 134 Å². The van der Waals surface area contributed by atoms with Crippen molar-refractivity contribution in [2.45, 2.75) is 302 Å². The van der Waals surface area contributed by atoms with Crippen LogP contribution >= 0.6 is 7.82 Å². The molecule has 0 aliphatic carbocycles. The smallest absolute Gasteiger partial charge is 0.306 e. The van der Waals surface area contributed by atoms with E-state index in [1.807, 2.05) is 21.1 Å². The Morgan fingerprint density at radius 2 is 0.614 bits per heavy atom. The van der Waals surface area contributed by atoms with Crippen LogP contribution < -0.4 is 4.89 Å². The summed E-state index contributed by atoms with van der Waals surface area (Å²) in [7, 11) is 1.16. The number of quaternary nitrogens is 1. The Morgan fingerprint density at radius 1 is 0.352 bits per heavy atom. The van der Waals surface area contributed by atoms with E-state index in [0.29, 0.717) is 17.4 Å². The van der Waals surface area contributed by atoms with Crippen LogP contribution in [0.1, 0.15) is 296 Å². The van der Waals surface area contributed by atoms with E-state index in [4.69, 9.17) is 18.5 Å². The summed E-state index contributed by atoms with van der Waals surface area (Å²) in [6, 6.07) is 0. The Balaban J connectivity index is 4.04. The molecule has 0 rings (SSSR count). The molecule has 9 nitrogen and oxygen atoms in total. The number of carbonyl (C=O) groups is 2. The van der Waals surface area contributed by atoms with Gasteiger partial charge in [0.05, 0.1) is 27.7 Å².